The minimum absolute atomic E-state index is 0.0209. The maximum Gasteiger partial charge on any atom is 0.338 e. The van der Waals surface area contributed by atoms with E-state index in [4.69, 9.17) is 9.47 Å². The van der Waals surface area contributed by atoms with Crippen LogP contribution in [0.25, 0.3) is 0 Å². The van der Waals surface area contributed by atoms with Gasteiger partial charge in [0.15, 0.2) is 11.6 Å². The first-order valence-electron chi connectivity index (χ1n) is 7.88. The largest absolute Gasteiger partial charge is 0.494 e. The normalized spacial score (nSPS) is 11.2. The van der Waals surface area contributed by atoms with E-state index in [1.165, 1.54) is 37.4 Å². The van der Waals surface area contributed by atoms with Gasteiger partial charge in [0.1, 0.15) is 6.61 Å². The highest BCUT2D eigenvalue weighted by Gasteiger charge is 2.18. The van der Waals surface area contributed by atoms with Crippen molar-refractivity contribution in [3.05, 3.63) is 58.9 Å². The molecule has 1 N–H and O–H groups in total. The van der Waals surface area contributed by atoms with Crippen LogP contribution in [0, 0.1) is 12.7 Å². The third-order valence-electron chi connectivity index (χ3n) is 3.66. The van der Waals surface area contributed by atoms with Gasteiger partial charge in [-0.15, -0.1) is 0 Å². The van der Waals surface area contributed by atoms with Crippen LogP contribution in [-0.2, 0) is 21.4 Å². The Morgan fingerprint density at radius 2 is 1.92 bits per heavy atom. The molecule has 26 heavy (non-hydrogen) atoms. The van der Waals surface area contributed by atoms with Crippen LogP contribution in [0.15, 0.2) is 41.3 Å². The minimum Gasteiger partial charge on any atom is -0.494 e. The summed E-state index contributed by atoms with van der Waals surface area (Å²) in [4.78, 5) is 12.3. The van der Waals surface area contributed by atoms with Crippen molar-refractivity contribution in [1.82, 2.24) is 4.72 Å². The summed E-state index contributed by atoms with van der Waals surface area (Å²) in [7, 11) is -2.33. The van der Waals surface area contributed by atoms with Crippen molar-refractivity contribution >= 4 is 16.0 Å². The number of benzene rings is 2. The van der Waals surface area contributed by atoms with Crippen LogP contribution < -0.4 is 9.46 Å². The van der Waals surface area contributed by atoms with Crippen molar-refractivity contribution in [2.75, 3.05) is 13.7 Å². The Labute approximate surface area is 152 Å². The summed E-state index contributed by atoms with van der Waals surface area (Å²) in [5.41, 5.74) is 1.16. The van der Waals surface area contributed by atoms with E-state index >= 15 is 0 Å². The Bertz CT molecular complexity index is 912. The Kier molecular flexibility index (Phi) is 6.33. The van der Waals surface area contributed by atoms with Crippen LogP contribution in [-0.4, -0.2) is 28.0 Å². The molecule has 2 aromatic rings. The Hall–Kier alpha value is -2.45. The molecule has 0 atom stereocenters. The number of sulfonamides is 1. The van der Waals surface area contributed by atoms with Gasteiger partial charge in [0.05, 0.1) is 17.6 Å². The van der Waals surface area contributed by atoms with E-state index < -0.39 is 21.8 Å². The first kappa shape index (κ1) is 19.9. The number of hydrogen-bond acceptors (Lipinski definition) is 5. The highest BCUT2D eigenvalue weighted by atomic mass is 32.2. The quantitative estimate of drug-likeness (QED) is 0.746. The third kappa shape index (κ3) is 4.59. The van der Waals surface area contributed by atoms with Crippen LogP contribution >= 0.6 is 0 Å². The smallest absolute Gasteiger partial charge is 0.338 e. The maximum atomic E-state index is 13.7. The van der Waals surface area contributed by atoms with Crippen molar-refractivity contribution in [3.8, 4) is 5.75 Å². The molecular weight excluding hydrogens is 361 g/mol. The zero-order valence-corrected chi connectivity index (χ0v) is 15.5. The molecule has 0 heterocycles. The van der Waals surface area contributed by atoms with Crippen LogP contribution in [0.4, 0.5) is 4.39 Å². The van der Waals surface area contributed by atoms with E-state index in [9.17, 15) is 17.6 Å². The highest BCUT2D eigenvalue weighted by molar-refractivity contribution is 7.89. The van der Waals surface area contributed by atoms with Crippen LogP contribution in [0.3, 0.4) is 0 Å². The fourth-order valence-electron chi connectivity index (χ4n) is 2.29. The Balaban J connectivity index is 2.18. The maximum absolute atomic E-state index is 13.7. The summed E-state index contributed by atoms with van der Waals surface area (Å²) in [6, 6.07) is 8.45. The lowest BCUT2D eigenvalue weighted by molar-refractivity contribution is 0.0471. The number of carbonyl (C=O) groups is 1. The average Bonchev–Trinajstić information content (AvgIpc) is 2.60. The van der Waals surface area contributed by atoms with Crippen LogP contribution in [0.1, 0.15) is 28.4 Å². The summed E-state index contributed by atoms with van der Waals surface area (Å²) in [6.45, 7) is 3.42. The zero-order chi connectivity index (χ0) is 19.3. The lowest BCUT2D eigenvalue weighted by atomic mass is 10.1. The number of carbonyl (C=O) groups excluding carboxylic acids is 1. The van der Waals surface area contributed by atoms with Crippen molar-refractivity contribution in [2.24, 2.45) is 0 Å². The molecule has 6 nitrogen and oxygen atoms in total. The summed E-state index contributed by atoms with van der Waals surface area (Å²) in [5.74, 6) is -1.15. The van der Waals surface area contributed by atoms with Crippen molar-refractivity contribution in [1.29, 1.82) is 0 Å². The number of aryl methyl sites for hydroxylation is 1. The lowest BCUT2D eigenvalue weighted by Gasteiger charge is -2.11. The molecule has 140 valence electrons. The summed E-state index contributed by atoms with van der Waals surface area (Å²) in [5, 5.41) is 0. The number of methoxy groups -OCH3 is 1. The SMILES string of the molecule is CCNS(=O)(=O)c1ccc(C)c(C(=O)OCc2ccc(OC)c(F)c2)c1. The molecule has 0 radical (unpaired) electrons. The van der Waals surface area contributed by atoms with Crippen molar-refractivity contribution < 1.29 is 27.1 Å². The average molecular weight is 381 g/mol. The molecule has 0 amide bonds. The molecule has 8 heteroatoms. The van der Waals surface area contributed by atoms with Gasteiger partial charge in [0.25, 0.3) is 0 Å². The molecule has 0 saturated heterocycles. The van der Waals surface area contributed by atoms with Gasteiger partial charge in [-0.2, -0.15) is 0 Å². The fraction of sp³-hybridized carbons (Fsp3) is 0.278. The second-order valence-electron chi connectivity index (χ2n) is 5.52. The second-order valence-corrected chi connectivity index (χ2v) is 7.29. The number of rotatable bonds is 7. The first-order valence-corrected chi connectivity index (χ1v) is 9.36. The number of esters is 1. The standard InChI is InChI=1S/C18H20FNO5S/c1-4-20-26(22,23)14-7-5-12(2)15(10-14)18(21)25-11-13-6-8-17(24-3)16(19)9-13/h5-10,20H,4,11H2,1-3H3. The van der Waals surface area contributed by atoms with Gasteiger partial charge >= 0.3 is 5.97 Å². The molecule has 0 unspecified atom stereocenters. The van der Waals surface area contributed by atoms with Crippen LogP contribution in [0.2, 0.25) is 0 Å². The van der Waals surface area contributed by atoms with Gasteiger partial charge in [-0.05, 0) is 42.3 Å². The van der Waals surface area contributed by atoms with E-state index in [0.29, 0.717) is 11.1 Å². The van der Waals surface area contributed by atoms with E-state index in [1.807, 2.05) is 0 Å². The monoisotopic (exact) mass is 381 g/mol. The van der Waals surface area contributed by atoms with Gasteiger partial charge in [-0.3, -0.25) is 0 Å². The van der Waals surface area contributed by atoms with Crippen LogP contribution in [0.5, 0.6) is 5.75 Å². The molecule has 2 rings (SSSR count). The van der Waals surface area contributed by atoms with Gasteiger partial charge in [0.2, 0.25) is 10.0 Å². The van der Waals surface area contributed by atoms with Gasteiger partial charge in [0, 0.05) is 6.54 Å². The first-order chi connectivity index (χ1) is 12.3. The third-order valence-corrected chi connectivity index (χ3v) is 5.20. The van der Waals surface area contributed by atoms with E-state index in [-0.39, 0.29) is 29.4 Å². The topological polar surface area (TPSA) is 81.7 Å². The predicted octanol–water partition coefficient (Wildman–Crippen LogP) is 2.80. The lowest BCUT2D eigenvalue weighted by Crippen LogP contribution is -2.23. The number of ether oxygens (including phenoxy) is 2. The fourth-order valence-corrected chi connectivity index (χ4v) is 3.35. The highest BCUT2D eigenvalue weighted by Crippen LogP contribution is 2.20. The molecule has 0 saturated carbocycles. The second kappa shape index (κ2) is 8.29. The molecule has 2 aromatic carbocycles. The summed E-state index contributed by atoms with van der Waals surface area (Å²) >= 11 is 0. The predicted molar refractivity (Wildman–Crippen MR) is 94.1 cm³/mol. The molecule has 0 fully saturated rings. The van der Waals surface area contributed by atoms with E-state index in [2.05, 4.69) is 4.72 Å². The van der Waals surface area contributed by atoms with Crippen molar-refractivity contribution in [2.45, 2.75) is 25.3 Å². The minimum atomic E-state index is -3.68. The van der Waals surface area contributed by atoms with E-state index in [0.717, 1.165) is 0 Å². The van der Waals surface area contributed by atoms with Crippen molar-refractivity contribution in [3.63, 3.8) is 0 Å². The summed E-state index contributed by atoms with van der Waals surface area (Å²) < 4.78 is 50.2. The molecule has 0 aliphatic heterocycles. The van der Waals surface area contributed by atoms with E-state index in [1.54, 1.807) is 19.9 Å². The number of halogens is 1. The Morgan fingerprint density at radius 1 is 1.19 bits per heavy atom. The van der Waals surface area contributed by atoms with Gasteiger partial charge in [-0.1, -0.05) is 19.1 Å². The molecule has 0 spiro atoms. The number of nitrogens with one attached hydrogen (secondary N) is 1. The molecular formula is C18H20FNO5S. The molecule has 0 aliphatic carbocycles. The zero-order valence-electron chi connectivity index (χ0n) is 14.7. The molecule has 0 bridgehead atoms. The molecule has 0 aliphatic rings. The summed E-state index contributed by atoms with van der Waals surface area (Å²) in [6.07, 6.45) is 0. The molecule has 0 aromatic heterocycles. The van der Waals surface area contributed by atoms with Gasteiger partial charge < -0.3 is 9.47 Å². The Morgan fingerprint density at radius 3 is 2.54 bits per heavy atom. The number of hydrogen-bond donors (Lipinski definition) is 1. The van der Waals surface area contributed by atoms with Gasteiger partial charge in [-0.25, -0.2) is 22.3 Å².